The second-order valence-corrected chi connectivity index (χ2v) is 9.16. The Kier molecular flexibility index (Phi) is 8.31. The van der Waals surface area contributed by atoms with Crippen LogP contribution < -0.4 is 5.32 Å². The Balaban J connectivity index is 1.20. The number of piperazine rings is 1. The molecule has 0 bridgehead atoms. The molecule has 174 valence electrons. The summed E-state index contributed by atoms with van der Waals surface area (Å²) in [6.07, 6.45) is 9.93. The van der Waals surface area contributed by atoms with Crippen molar-refractivity contribution < 1.29 is 9.59 Å². The monoisotopic (exact) mass is 445 g/mol. The number of benzene rings is 2. The van der Waals surface area contributed by atoms with Gasteiger partial charge in [0, 0.05) is 50.7 Å². The van der Waals surface area contributed by atoms with Gasteiger partial charge in [0.25, 0.3) is 5.91 Å². The molecule has 1 aliphatic heterocycles. The average Bonchev–Trinajstić information content (AvgIpc) is 2.89. The van der Waals surface area contributed by atoms with E-state index in [-0.39, 0.29) is 17.7 Å². The number of carbonyl (C=O) groups is 2. The minimum Gasteiger partial charge on any atom is -0.352 e. The Hall–Kier alpha value is -2.92. The summed E-state index contributed by atoms with van der Waals surface area (Å²) in [5, 5.41) is 3.07. The van der Waals surface area contributed by atoms with Gasteiger partial charge in [-0.05, 0) is 36.1 Å². The molecule has 2 aromatic carbocycles. The molecule has 0 spiro atoms. The van der Waals surface area contributed by atoms with Crippen LogP contribution in [0.4, 0.5) is 0 Å². The van der Waals surface area contributed by atoms with E-state index in [1.165, 1.54) is 12.0 Å². The molecule has 2 aromatic rings. The van der Waals surface area contributed by atoms with Crippen LogP contribution in [0.5, 0.6) is 0 Å². The summed E-state index contributed by atoms with van der Waals surface area (Å²) in [6.45, 7) is 4.69. The van der Waals surface area contributed by atoms with E-state index in [4.69, 9.17) is 0 Å². The van der Waals surface area contributed by atoms with E-state index in [2.05, 4.69) is 34.5 Å². The summed E-state index contributed by atoms with van der Waals surface area (Å²) in [4.78, 5) is 29.6. The third kappa shape index (κ3) is 6.78. The van der Waals surface area contributed by atoms with Gasteiger partial charge in [-0.2, -0.15) is 0 Å². The number of amides is 2. The lowest BCUT2D eigenvalue weighted by Gasteiger charge is -2.34. The highest BCUT2D eigenvalue weighted by atomic mass is 16.2. The molecule has 5 nitrogen and oxygen atoms in total. The first-order chi connectivity index (χ1) is 16.2. The van der Waals surface area contributed by atoms with E-state index in [0.29, 0.717) is 6.54 Å². The van der Waals surface area contributed by atoms with Crippen molar-refractivity contribution in [1.29, 1.82) is 0 Å². The van der Waals surface area contributed by atoms with Crippen LogP contribution in [-0.4, -0.2) is 54.3 Å². The fourth-order valence-corrected chi connectivity index (χ4v) is 4.68. The van der Waals surface area contributed by atoms with E-state index >= 15 is 0 Å². The minimum absolute atomic E-state index is 0.0901. The first-order valence-electron chi connectivity index (χ1n) is 12.3. The van der Waals surface area contributed by atoms with Crippen molar-refractivity contribution in [2.45, 2.75) is 38.6 Å². The first kappa shape index (κ1) is 23.2. The molecular formula is C28H35N3O2. The molecule has 33 heavy (non-hydrogen) atoms. The standard InChI is InChI=1S/C28H35N3O2/c32-27(25-11-5-2-6-12-25)29-22-24-13-15-26(16-14-24)28(33)31-20-18-30(19-21-31)17-7-10-23-8-3-1-4-9-23/h1,3-4,7-10,13-16,25H,2,5-6,11-12,17-22H2,(H,29,32)/b10-7+. The molecule has 1 N–H and O–H groups in total. The molecule has 1 saturated carbocycles. The van der Waals surface area contributed by atoms with Crippen molar-refractivity contribution in [3.63, 3.8) is 0 Å². The largest absolute Gasteiger partial charge is 0.352 e. The summed E-state index contributed by atoms with van der Waals surface area (Å²) in [5.74, 6) is 0.436. The highest BCUT2D eigenvalue weighted by Crippen LogP contribution is 2.23. The van der Waals surface area contributed by atoms with Gasteiger partial charge in [-0.3, -0.25) is 14.5 Å². The highest BCUT2D eigenvalue weighted by molar-refractivity contribution is 5.94. The maximum Gasteiger partial charge on any atom is 0.253 e. The summed E-state index contributed by atoms with van der Waals surface area (Å²) >= 11 is 0. The quantitative estimate of drug-likeness (QED) is 0.689. The van der Waals surface area contributed by atoms with Crippen molar-refractivity contribution >= 4 is 17.9 Å². The lowest BCUT2D eigenvalue weighted by Crippen LogP contribution is -2.48. The van der Waals surface area contributed by atoms with Gasteiger partial charge in [-0.15, -0.1) is 0 Å². The smallest absolute Gasteiger partial charge is 0.253 e. The Morgan fingerprint density at radius 3 is 2.27 bits per heavy atom. The zero-order chi connectivity index (χ0) is 22.9. The molecule has 1 saturated heterocycles. The molecular weight excluding hydrogens is 410 g/mol. The molecule has 0 radical (unpaired) electrons. The summed E-state index contributed by atoms with van der Waals surface area (Å²) in [5.41, 5.74) is 2.96. The second kappa shape index (κ2) is 11.8. The van der Waals surface area contributed by atoms with Crippen molar-refractivity contribution in [3.8, 4) is 0 Å². The van der Waals surface area contributed by atoms with Crippen molar-refractivity contribution in [2.75, 3.05) is 32.7 Å². The van der Waals surface area contributed by atoms with Crippen LogP contribution >= 0.6 is 0 Å². The lowest BCUT2D eigenvalue weighted by atomic mass is 9.88. The fourth-order valence-electron chi connectivity index (χ4n) is 4.68. The molecule has 0 atom stereocenters. The third-order valence-corrected chi connectivity index (χ3v) is 6.78. The van der Waals surface area contributed by atoms with Gasteiger partial charge < -0.3 is 10.2 Å². The van der Waals surface area contributed by atoms with Crippen molar-refractivity contribution in [1.82, 2.24) is 15.1 Å². The molecule has 5 heteroatoms. The Labute approximate surface area is 197 Å². The van der Waals surface area contributed by atoms with Gasteiger partial charge in [-0.1, -0.05) is 73.9 Å². The fraction of sp³-hybridized carbons (Fsp3) is 0.429. The zero-order valence-electron chi connectivity index (χ0n) is 19.4. The molecule has 4 rings (SSSR count). The van der Waals surface area contributed by atoms with Crippen molar-refractivity contribution in [3.05, 3.63) is 77.4 Å². The SMILES string of the molecule is O=C(NCc1ccc(C(=O)N2CCN(C/C=C/c3ccccc3)CC2)cc1)C1CCCCC1. The van der Waals surface area contributed by atoms with Crippen LogP contribution in [0.25, 0.3) is 6.08 Å². The number of nitrogens with zero attached hydrogens (tertiary/aromatic N) is 2. The summed E-state index contributed by atoms with van der Waals surface area (Å²) < 4.78 is 0. The van der Waals surface area contributed by atoms with E-state index in [1.54, 1.807) is 0 Å². The lowest BCUT2D eigenvalue weighted by molar-refractivity contribution is -0.126. The van der Waals surface area contributed by atoms with E-state index in [9.17, 15) is 9.59 Å². The van der Waals surface area contributed by atoms with E-state index in [0.717, 1.165) is 69.5 Å². The minimum atomic E-state index is 0.0901. The predicted molar refractivity (Wildman–Crippen MR) is 133 cm³/mol. The van der Waals surface area contributed by atoms with Crippen LogP contribution in [0, 0.1) is 5.92 Å². The van der Waals surface area contributed by atoms with Crippen LogP contribution in [0.2, 0.25) is 0 Å². The van der Waals surface area contributed by atoms with Gasteiger partial charge in [0.15, 0.2) is 0 Å². The number of carbonyl (C=O) groups excluding carboxylic acids is 2. The van der Waals surface area contributed by atoms with E-state index < -0.39 is 0 Å². The highest BCUT2D eigenvalue weighted by Gasteiger charge is 2.22. The van der Waals surface area contributed by atoms with Crippen LogP contribution in [0.15, 0.2) is 60.7 Å². The zero-order valence-corrected chi connectivity index (χ0v) is 19.4. The number of hydrogen-bond acceptors (Lipinski definition) is 3. The van der Waals surface area contributed by atoms with Crippen LogP contribution in [0.1, 0.15) is 53.6 Å². The normalized spacial score (nSPS) is 17.9. The molecule has 2 amide bonds. The van der Waals surface area contributed by atoms with Gasteiger partial charge in [0.05, 0.1) is 0 Å². The Morgan fingerprint density at radius 2 is 1.58 bits per heavy atom. The Morgan fingerprint density at radius 1 is 0.879 bits per heavy atom. The predicted octanol–water partition coefficient (Wildman–Crippen LogP) is 4.35. The van der Waals surface area contributed by atoms with Crippen molar-refractivity contribution in [2.24, 2.45) is 5.92 Å². The Bertz CT molecular complexity index is 925. The third-order valence-electron chi connectivity index (χ3n) is 6.78. The van der Waals surface area contributed by atoms with Gasteiger partial charge in [-0.25, -0.2) is 0 Å². The molecule has 1 aliphatic carbocycles. The topological polar surface area (TPSA) is 52.7 Å². The van der Waals surface area contributed by atoms with Gasteiger partial charge in [0.2, 0.25) is 5.91 Å². The number of nitrogens with one attached hydrogen (secondary N) is 1. The average molecular weight is 446 g/mol. The molecule has 1 heterocycles. The van der Waals surface area contributed by atoms with Gasteiger partial charge in [0.1, 0.15) is 0 Å². The summed E-state index contributed by atoms with van der Waals surface area (Å²) in [7, 11) is 0. The molecule has 2 aliphatic rings. The van der Waals surface area contributed by atoms with Crippen LogP contribution in [0.3, 0.4) is 0 Å². The van der Waals surface area contributed by atoms with E-state index in [1.807, 2.05) is 47.4 Å². The molecule has 0 unspecified atom stereocenters. The maximum absolute atomic E-state index is 12.9. The first-order valence-corrected chi connectivity index (χ1v) is 12.3. The second-order valence-electron chi connectivity index (χ2n) is 9.16. The van der Waals surface area contributed by atoms with Gasteiger partial charge >= 0.3 is 0 Å². The molecule has 0 aromatic heterocycles. The van der Waals surface area contributed by atoms with Crippen LogP contribution in [-0.2, 0) is 11.3 Å². The number of rotatable bonds is 7. The summed E-state index contributed by atoms with van der Waals surface area (Å²) in [6, 6.07) is 18.0. The molecule has 2 fully saturated rings. The number of hydrogen-bond donors (Lipinski definition) is 1. The maximum atomic E-state index is 12.9.